The number of hydrogen-bond donors (Lipinski definition) is 0. The summed E-state index contributed by atoms with van der Waals surface area (Å²) in [5.41, 5.74) is 1.66. The zero-order chi connectivity index (χ0) is 14.9. The molecule has 0 aliphatic rings. The Morgan fingerprint density at radius 3 is 2.75 bits per heavy atom. The predicted octanol–water partition coefficient (Wildman–Crippen LogP) is 2.00. The highest BCUT2D eigenvalue weighted by atomic mass is 79.9. The second-order valence-corrected chi connectivity index (χ2v) is 5.83. The van der Waals surface area contributed by atoms with Crippen LogP contribution in [0.2, 0.25) is 5.02 Å². The van der Waals surface area contributed by atoms with Crippen molar-refractivity contribution < 1.29 is 4.79 Å². The van der Waals surface area contributed by atoms with Gasteiger partial charge in [0, 0.05) is 20.3 Å². The van der Waals surface area contributed by atoms with Crippen molar-refractivity contribution in [1.29, 1.82) is 0 Å². The van der Waals surface area contributed by atoms with Crippen molar-refractivity contribution >= 4 is 33.4 Å². The lowest BCUT2D eigenvalue weighted by Crippen LogP contribution is -2.30. The number of rotatable bonds is 4. The van der Waals surface area contributed by atoms with Crippen LogP contribution < -0.4 is 0 Å². The van der Waals surface area contributed by atoms with E-state index >= 15 is 0 Å². The Morgan fingerprint density at radius 2 is 2.25 bits per heavy atom. The zero-order valence-electron chi connectivity index (χ0n) is 11.5. The highest BCUT2D eigenvalue weighted by Gasteiger charge is 2.15. The zero-order valence-corrected chi connectivity index (χ0v) is 13.8. The highest BCUT2D eigenvalue weighted by Crippen LogP contribution is 2.16. The summed E-state index contributed by atoms with van der Waals surface area (Å²) >= 11 is 9.41. The molecule has 8 heteroatoms. The molecule has 0 aromatic carbocycles. The van der Waals surface area contributed by atoms with Crippen molar-refractivity contribution in [2.24, 2.45) is 7.05 Å². The number of nitrogens with zero attached hydrogens (tertiary/aromatic N) is 5. The van der Waals surface area contributed by atoms with Crippen LogP contribution in [0.5, 0.6) is 0 Å². The normalized spacial score (nSPS) is 10.8. The van der Waals surface area contributed by atoms with Gasteiger partial charge in [-0.05, 0) is 22.9 Å². The summed E-state index contributed by atoms with van der Waals surface area (Å²) in [5.74, 6) is -0.0442. The van der Waals surface area contributed by atoms with E-state index in [9.17, 15) is 4.79 Å². The van der Waals surface area contributed by atoms with E-state index in [0.29, 0.717) is 11.6 Å². The van der Waals surface area contributed by atoms with E-state index in [0.717, 1.165) is 15.9 Å². The summed E-state index contributed by atoms with van der Waals surface area (Å²) in [6, 6.07) is 0. The van der Waals surface area contributed by atoms with E-state index in [1.807, 2.05) is 6.92 Å². The average molecular weight is 361 g/mol. The SMILES string of the molecule is Cc1nn(CC(=O)N(C)Cc2c(Cl)cnn2C)cc1Br. The Hall–Kier alpha value is -1.34. The van der Waals surface area contributed by atoms with E-state index in [-0.39, 0.29) is 12.5 Å². The molecule has 0 N–H and O–H groups in total. The molecule has 20 heavy (non-hydrogen) atoms. The summed E-state index contributed by atoms with van der Waals surface area (Å²) in [6.45, 7) is 2.48. The number of hydrogen-bond acceptors (Lipinski definition) is 3. The van der Waals surface area contributed by atoms with Gasteiger partial charge >= 0.3 is 0 Å². The Kier molecular flexibility index (Phi) is 4.49. The third-order valence-electron chi connectivity index (χ3n) is 3.01. The van der Waals surface area contributed by atoms with Crippen LogP contribution in [0, 0.1) is 6.92 Å². The van der Waals surface area contributed by atoms with Crippen molar-refractivity contribution in [3.63, 3.8) is 0 Å². The summed E-state index contributed by atoms with van der Waals surface area (Å²) in [7, 11) is 3.53. The Bertz CT molecular complexity index is 597. The van der Waals surface area contributed by atoms with E-state index in [1.54, 1.807) is 40.8 Å². The predicted molar refractivity (Wildman–Crippen MR) is 79.4 cm³/mol. The van der Waals surface area contributed by atoms with Gasteiger partial charge in [-0.15, -0.1) is 0 Å². The van der Waals surface area contributed by atoms with Gasteiger partial charge < -0.3 is 4.90 Å². The fourth-order valence-electron chi connectivity index (χ4n) is 1.76. The number of likely N-dealkylation sites (N-methyl/N-ethyl adjacent to an activating group) is 1. The second kappa shape index (κ2) is 5.97. The second-order valence-electron chi connectivity index (χ2n) is 4.57. The number of carbonyl (C=O) groups excluding carboxylic acids is 1. The molecule has 2 aromatic heterocycles. The molecule has 0 aliphatic heterocycles. The van der Waals surface area contributed by atoms with Crippen LogP contribution in [0.1, 0.15) is 11.4 Å². The molecule has 0 aliphatic carbocycles. The lowest BCUT2D eigenvalue weighted by atomic mass is 10.4. The smallest absolute Gasteiger partial charge is 0.244 e. The van der Waals surface area contributed by atoms with Crippen LogP contribution >= 0.6 is 27.5 Å². The lowest BCUT2D eigenvalue weighted by Gasteiger charge is -2.17. The van der Waals surface area contributed by atoms with Crippen molar-refractivity contribution in [3.8, 4) is 0 Å². The fourth-order valence-corrected chi connectivity index (χ4v) is 2.30. The molecule has 2 aromatic rings. The summed E-state index contributed by atoms with van der Waals surface area (Å²) in [5, 5.41) is 8.85. The Labute approximate surface area is 130 Å². The minimum absolute atomic E-state index is 0.0442. The van der Waals surface area contributed by atoms with E-state index in [2.05, 4.69) is 26.1 Å². The van der Waals surface area contributed by atoms with Crippen LogP contribution in [-0.2, 0) is 24.9 Å². The van der Waals surface area contributed by atoms with Gasteiger partial charge in [-0.2, -0.15) is 10.2 Å². The molecule has 0 radical (unpaired) electrons. The van der Waals surface area contributed by atoms with Gasteiger partial charge in [-0.3, -0.25) is 14.2 Å². The first-order valence-electron chi connectivity index (χ1n) is 5.98. The maximum absolute atomic E-state index is 12.2. The molecular formula is C12H15BrClN5O. The topological polar surface area (TPSA) is 56.0 Å². The summed E-state index contributed by atoms with van der Waals surface area (Å²) in [6.07, 6.45) is 3.36. The highest BCUT2D eigenvalue weighted by molar-refractivity contribution is 9.10. The molecule has 1 amide bonds. The molecule has 0 saturated carbocycles. The quantitative estimate of drug-likeness (QED) is 0.838. The maximum atomic E-state index is 12.2. The first-order valence-corrected chi connectivity index (χ1v) is 7.15. The van der Waals surface area contributed by atoms with Gasteiger partial charge in [0.25, 0.3) is 0 Å². The van der Waals surface area contributed by atoms with E-state index in [4.69, 9.17) is 11.6 Å². The maximum Gasteiger partial charge on any atom is 0.244 e. The lowest BCUT2D eigenvalue weighted by molar-refractivity contribution is -0.131. The van der Waals surface area contributed by atoms with Crippen LogP contribution in [-0.4, -0.2) is 37.4 Å². The molecule has 2 rings (SSSR count). The van der Waals surface area contributed by atoms with Gasteiger partial charge in [0.05, 0.1) is 33.6 Å². The number of aryl methyl sites for hydroxylation is 2. The van der Waals surface area contributed by atoms with Crippen molar-refractivity contribution in [2.75, 3.05) is 7.05 Å². The standard InChI is InChI=1S/C12H15BrClN5O/c1-8-9(13)5-19(16-8)7-12(20)17(2)6-11-10(14)4-15-18(11)3/h4-5H,6-7H2,1-3H3. The summed E-state index contributed by atoms with van der Waals surface area (Å²) in [4.78, 5) is 13.8. The number of carbonyl (C=O) groups is 1. The monoisotopic (exact) mass is 359 g/mol. The van der Waals surface area contributed by atoms with Gasteiger partial charge in [-0.25, -0.2) is 0 Å². The minimum atomic E-state index is -0.0442. The first-order chi connectivity index (χ1) is 9.38. The van der Waals surface area contributed by atoms with Crippen LogP contribution in [0.15, 0.2) is 16.9 Å². The van der Waals surface area contributed by atoms with Gasteiger partial charge in [-0.1, -0.05) is 11.6 Å². The third kappa shape index (κ3) is 3.21. The van der Waals surface area contributed by atoms with Crippen LogP contribution in [0.25, 0.3) is 0 Å². The van der Waals surface area contributed by atoms with Gasteiger partial charge in [0.2, 0.25) is 5.91 Å². The number of halogens is 2. The third-order valence-corrected chi connectivity index (χ3v) is 4.10. The molecule has 0 saturated heterocycles. The van der Waals surface area contributed by atoms with Crippen molar-refractivity contribution in [2.45, 2.75) is 20.0 Å². The Balaban J connectivity index is 2.02. The number of amides is 1. The van der Waals surface area contributed by atoms with Crippen molar-refractivity contribution in [1.82, 2.24) is 24.5 Å². The average Bonchev–Trinajstić information content (AvgIpc) is 2.86. The van der Waals surface area contributed by atoms with E-state index in [1.165, 1.54) is 0 Å². The molecule has 108 valence electrons. The molecule has 2 heterocycles. The molecule has 0 spiro atoms. The Morgan fingerprint density at radius 1 is 1.55 bits per heavy atom. The van der Waals surface area contributed by atoms with Gasteiger partial charge in [0.15, 0.2) is 0 Å². The molecule has 0 unspecified atom stereocenters. The summed E-state index contributed by atoms with van der Waals surface area (Å²) < 4.78 is 4.17. The van der Waals surface area contributed by atoms with E-state index < -0.39 is 0 Å². The minimum Gasteiger partial charge on any atom is -0.338 e. The first kappa shape index (κ1) is 15.1. The molecule has 6 nitrogen and oxygen atoms in total. The number of aromatic nitrogens is 4. The van der Waals surface area contributed by atoms with Gasteiger partial charge in [0.1, 0.15) is 6.54 Å². The molecule has 0 fully saturated rings. The fraction of sp³-hybridized carbons (Fsp3) is 0.417. The van der Waals surface area contributed by atoms with Crippen LogP contribution in [0.4, 0.5) is 0 Å². The molecule has 0 atom stereocenters. The van der Waals surface area contributed by atoms with Crippen LogP contribution in [0.3, 0.4) is 0 Å². The van der Waals surface area contributed by atoms with Crippen molar-refractivity contribution in [3.05, 3.63) is 33.3 Å². The molecule has 0 bridgehead atoms. The largest absolute Gasteiger partial charge is 0.338 e. The molecular weight excluding hydrogens is 346 g/mol.